The molecule has 27 heavy (non-hydrogen) atoms. The number of benzene rings is 2. The average Bonchev–Trinajstić information content (AvgIpc) is 3.32. The summed E-state index contributed by atoms with van der Waals surface area (Å²) >= 11 is 1.78. The number of hydrogen-bond donors (Lipinski definition) is 0. The van der Waals surface area contributed by atoms with E-state index >= 15 is 0 Å². The van der Waals surface area contributed by atoms with E-state index in [0.29, 0.717) is 12.3 Å². The monoisotopic (exact) mass is 377 g/mol. The summed E-state index contributed by atoms with van der Waals surface area (Å²) in [7, 11) is 0. The normalized spacial score (nSPS) is 15.6. The molecule has 6 heteroatoms. The van der Waals surface area contributed by atoms with Gasteiger partial charge in [-0.2, -0.15) is 0 Å². The summed E-state index contributed by atoms with van der Waals surface area (Å²) in [6, 6.07) is 15.9. The third-order valence-corrected chi connectivity index (χ3v) is 6.48. The molecular weight excluding hydrogens is 358 g/mol. The van der Waals surface area contributed by atoms with Gasteiger partial charge in [0.1, 0.15) is 5.69 Å². The lowest BCUT2D eigenvalue weighted by Gasteiger charge is -2.31. The van der Waals surface area contributed by atoms with Crippen molar-refractivity contribution >= 4 is 38.4 Å². The molecule has 0 spiro atoms. The molecule has 2 aromatic heterocycles. The van der Waals surface area contributed by atoms with Gasteiger partial charge in [0, 0.05) is 24.4 Å². The third-order valence-electron chi connectivity index (χ3n) is 5.28. The molecule has 4 aromatic rings. The number of likely N-dealkylation sites (tertiary alicyclic amines) is 1. The summed E-state index contributed by atoms with van der Waals surface area (Å²) in [6.45, 7) is 1.55. The fraction of sp³-hybridized carbons (Fsp3) is 0.286. The Bertz CT molecular complexity index is 1080. The van der Waals surface area contributed by atoms with E-state index in [-0.39, 0.29) is 5.91 Å². The highest BCUT2D eigenvalue weighted by molar-refractivity contribution is 7.18. The Labute approximate surface area is 160 Å². The average molecular weight is 377 g/mol. The van der Waals surface area contributed by atoms with Crippen LogP contribution in [-0.2, 0) is 11.2 Å². The van der Waals surface area contributed by atoms with E-state index in [4.69, 9.17) is 9.51 Å². The number of nitrogens with zero attached hydrogens (tertiary/aromatic N) is 3. The number of thiazole rings is 1. The van der Waals surface area contributed by atoms with E-state index < -0.39 is 0 Å². The number of aromatic nitrogens is 2. The summed E-state index contributed by atoms with van der Waals surface area (Å²) < 4.78 is 6.55. The second-order valence-corrected chi connectivity index (χ2v) is 8.04. The number of amides is 1. The largest absolute Gasteiger partial charge is 0.356 e. The standard InChI is InChI=1S/C21H19N3O2S/c25-20(13-17-15-5-1-3-7-18(15)26-23-17)24-11-9-14(10-12-24)21-22-16-6-2-4-8-19(16)27-21/h1-8,14H,9-13H2. The van der Waals surface area contributed by atoms with E-state index in [0.717, 1.165) is 48.1 Å². The van der Waals surface area contributed by atoms with Gasteiger partial charge in [-0.05, 0) is 37.1 Å². The molecule has 0 atom stereocenters. The number of carbonyl (C=O) groups excluding carboxylic acids is 1. The minimum atomic E-state index is 0.122. The smallest absolute Gasteiger partial charge is 0.228 e. The maximum atomic E-state index is 12.7. The summed E-state index contributed by atoms with van der Waals surface area (Å²) in [5.41, 5.74) is 2.53. The molecule has 136 valence electrons. The molecule has 0 aliphatic carbocycles. The van der Waals surface area contributed by atoms with Gasteiger partial charge >= 0.3 is 0 Å². The molecule has 1 aliphatic rings. The van der Waals surface area contributed by atoms with Crippen LogP contribution in [0.15, 0.2) is 53.1 Å². The lowest BCUT2D eigenvalue weighted by Crippen LogP contribution is -2.38. The Morgan fingerprint density at radius 1 is 1.11 bits per heavy atom. The fourth-order valence-electron chi connectivity index (χ4n) is 3.76. The van der Waals surface area contributed by atoms with E-state index in [1.807, 2.05) is 35.2 Å². The minimum Gasteiger partial charge on any atom is -0.356 e. The zero-order chi connectivity index (χ0) is 18.2. The van der Waals surface area contributed by atoms with E-state index in [9.17, 15) is 4.79 Å². The highest BCUT2D eigenvalue weighted by Gasteiger charge is 2.26. The van der Waals surface area contributed by atoms with Gasteiger partial charge in [-0.25, -0.2) is 4.98 Å². The molecule has 1 saturated heterocycles. The van der Waals surface area contributed by atoms with Crippen LogP contribution in [0.1, 0.15) is 29.5 Å². The first-order valence-corrected chi connectivity index (χ1v) is 10.1. The van der Waals surface area contributed by atoms with Crippen molar-refractivity contribution in [1.29, 1.82) is 0 Å². The quantitative estimate of drug-likeness (QED) is 0.531. The fourth-order valence-corrected chi connectivity index (χ4v) is 4.90. The molecule has 0 unspecified atom stereocenters. The molecule has 1 amide bonds. The maximum absolute atomic E-state index is 12.7. The lowest BCUT2D eigenvalue weighted by molar-refractivity contribution is -0.131. The molecule has 0 radical (unpaired) electrons. The molecule has 0 bridgehead atoms. The molecular formula is C21H19N3O2S. The van der Waals surface area contributed by atoms with Crippen molar-refractivity contribution in [3.8, 4) is 0 Å². The van der Waals surface area contributed by atoms with Gasteiger partial charge in [-0.15, -0.1) is 11.3 Å². The maximum Gasteiger partial charge on any atom is 0.228 e. The predicted molar refractivity (Wildman–Crippen MR) is 106 cm³/mol. The van der Waals surface area contributed by atoms with Crippen LogP contribution in [0.4, 0.5) is 0 Å². The van der Waals surface area contributed by atoms with Gasteiger partial charge in [-0.3, -0.25) is 4.79 Å². The second kappa shape index (κ2) is 6.78. The Balaban J connectivity index is 1.25. The van der Waals surface area contributed by atoms with Crippen molar-refractivity contribution < 1.29 is 9.32 Å². The van der Waals surface area contributed by atoms with Gasteiger partial charge in [0.25, 0.3) is 0 Å². The van der Waals surface area contributed by atoms with Crippen molar-refractivity contribution in [2.45, 2.75) is 25.2 Å². The Hall–Kier alpha value is -2.73. The summed E-state index contributed by atoms with van der Waals surface area (Å²) in [6.07, 6.45) is 2.22. The van der Waals surface area contributed by atoms with Gasteiger partial charge in [0.2, 0.25) is 5.91 Å². The first-order chi connectivity index (χ1) is 13.3. The number of carbonyl (C=O) groups is 1. The van der Waals surface area contributed by atoms with E-state index in [1.165, 1.54) is 9.71 Å². The number of piperidine rings is 1. The third kappa shape index (κ3) is 3.10. The van der Waals surface area contributed by atoms with Gasteiger partial charge in [-0.1, -0.05) is 29.4 Å². The summed E-state index contributed by atoms with van der Waals surface area (Å²) in [4.78, 5) is 19.5. The predicted octanol–water partition coefficient (Wildman–Crippen LogP) is 4.39. The van der Waals surface area contributed by atoms with Crippen LogP contribution in [0, 0.1) is 0 Å². The highest BCUT2D eigenvalue weighted by Crippen LogP contribution is 2.34. The molecule has 1 fully saturated rings. The van der Waals surface area contributed by atoms with Crippen LogP contribution in [0.25, 0.3) is 21.2 Å². The van der Waals surface area contributed by atoms with Crippen molar-refractivity contribution in [3.63, 3.8) is 0 Å². The van der Waals surface area contributed by atoms with Crippen LogP contribution in [0.5, 0.6) is 0 Å². The molecule has 3 heterocycles. The molecule has 0 saturated carbocycles. The molecule has 0 N–H and O–H groups in total. The molecule has 5 rings (SSSR count). The van der Waals surface area contributed by atoms with Crippen LogP contribution in [0.3, 0.4) is 0 Å². The van der Waals surface area contributed by atoms with E-state index in [2.05, 4.69) is 23.4 Å². The molecule has 2 aromatic carbocycles. The van der Waals surface area contributed by atoms with Gasteiger partial charge in [0.15, 0.2) is 5.58 Å². The van der Waals surface area contributed by atoms with E-state index in [1.54, 1.807) is 11.3 Å². The Morgan fingerprint density at radius 3 is 2.74 bits per heavy atom. The number of rotatable bonds is 3. The Morgan fingerprint density at radius 2 is 1.89 bits per heavy atom. The molecule has 5 nitrogen and oxygen atoms in total. The van der Waals surface area contributed by atoms with Crippen LogP contribution in [0.2, 0.25) is 0 Å². The number of hydrogen-bond acceptors (Lipinski definition) is 5. The first-order valence-electron chi connectivity index (χ1n) is 9.24. The zero-order valence-corrected chi connectivity index (χ0v) is 15.6. The van der Waals surface area contributed by atoms with Crippen LogP contribution < -0.4 is 0 Å². The topological polar surface area (TPSA) is 59.2 Å². The zero-order valence-electron chi connectivity index (χ0n) is 14.8. The number of fused-ring (bicyclic) bond motifs is 2. The minimum absolute atomic E-state index is 0.122. The first kappa shape index (κ1) is 16.4. The second-order valence-electron chi connectivity index (χ2n) is 6.98. The Kier molecular flexibility index (Phi) is 4.13. The van der Waals surface area contributed by atoms with Crippen molar-refractivity contribution in [2.24, 2.45) is 0 Å². The van der Waals surface area contributed by atoms with Crippen molar-refractivity contribution in [2.75, 3.05) is 13.1 Å². The van der Waals surface area contributed by atoms with Crippen molar-refractivity contribution in [3.05, 3.63) is 59.2 Å². The lowest BCUT2D eigenvalue weighted by atomic mass is 9.97. The van der Waals surface area contributed by atoms with Gasteiger partial charge in [0.05, 0.1) is 21.6 Å². The van der Waals surface area contributed by atoms with Crippen LogP contribution in [-0.4, -0.2) is 34.0 Å². The SMILES string of the molecule is O=C(Cc1noc2ccccc12)N1CCC(c2nc3ccccc3s2)CC1. The number of para-hydroxylation sites is 2. The van der Waals surface area contributed by atoms with Crippen LogP contribution >= 0.6 is 11.3 Å². The van der Waals surface area contributed by atoms with Crippen molar-refractivity contribution in [1.82, 2.24) is 15.0 Å². The molecule has 1 aliphatic heterocycles. The highest BCUT2D eigenvalue weighted by atomic mass is 32.1. The van der Waals surface area contributed by atoms with Gasteiger partial charge < -0.3 is 9.42 Å². The summed E-state index contributed by atoms with van der Waals surface area (Å²) in [5.74, 6) is 0.566. The summed E-state index contributed by atoms with van der Waals surface area (Å²) in [5, 5.41) is 6.21.